The van der Waals surface area contributed by atoms with E-state index in [1.807, 2.05) is 11.8 Å². The monoisotopic (exact) mass is 262 g/mol. The molecule has 0 aliphatic heterocycles. The number of benzene rings is 1. The molecule has 0 amide bonds. The van der Waals surface area contributed by atoms with Crippen molar-refractivity contribution in [2.75, 3.05) is 6.54 Å². The summed E-state index contributed by atoms with van der Waals surface area (Å²) in [4.78, 5) is 3.46. The van der Waals surface area contributed by atoms with E-state index < -0.39 is 0 Å². The molecule has 2 aromatic rings. The zero-order chi connectivity index (χ0) is 13.0. The van der Waals surface area contributed by atoms with Crippen LogP contribution in [0.4, 0.5) is 0 Å². The first-order valence-corrected chi connectivity index (χ1v) is 7.54. The summed E-state index contributed by atoms with van der Waals surface area (Å²) < 4.78 is 0. The Morgan fingerprint density at radius 1 is 1.28 bits per heavy atom. The standard InChI is InChI=1S/C15H22N2S/c1-4-11(2)16-10-12(3)18-15-9-13-7-5-6-8-14(13)17-15/h5-9,11-12,16-17H,4,10H2,1-3H3. The van der Waals surface area contributed by atoms with Crippen LogP contribution in [-0.2, 0) is 0 Å². The van der Waals surface area contributed by atoms with Crippen LogP contribution in [0.1, 0.15) is 27.2 Å². The van der Waals surface area contributed by atoms with Crippen LogP contribution in [-0.4, -0.2) is 22.8 Å². The van der Waals surface area contributed by atoms with Crippen LogP contribution in [0.25, 0.3) is 10.9 Å². The lowest BCUT2D eigenvalue weighted by Gasteiger charge is -2.15. The topological polar surface area (TPSA) is 27.8 Å². The molecular weight excluding hydrogens is 240 g/mol. The number of aromatic amines is 1. The van der Waals surface area contributed by atoms with Crippen LogP contribution >= 0.6 is 11.8 Å². The van der Waals surface area contributed by atoms with E-state index in [0.29, 0.717) is 11.3 Å². The molecule has 2 nitrogen and oxygen atoms in total. The van der Waals surface area contributed by atoms with E-state index >= 15 is 0 Å². The van der Waals surface area contributed by atoms with Crippen LogP contribution in [0.2, 0.25) is 0 Å². The van der Waals surface area contributed by atoms with E-state index in [-0.39, 0.29) is 0 Å². The molecule has 0 saturated heterocycles. The van der Waals surface area contributed by atoms with E-state index in [9.17, 15) is 0 Å². The fraction of sp³-hybridized carbons (Fsp3) is 0.467. The predicted octanol–water partition coefficient (Wildman–Crippen LogP) is 4.04. The van der Waals surface area contributed by atoms with Gasteiger partial charge >= 0.3 is 0 Å². The summed E-state index contributed by atoms with van der Waals surface area (Å²) in [6.45, 7) is 7.77. The molecule has 1 aromatic carbocycles. The van der Waals surface area contributed by atoms with E-state index in [0.717, 1.165) is 6.54 Å². The number of H-pyrrole nitrogens is 1. The van der Waals surface area contributed by atoms with Crippen LogP contribution in [0.5, 0.6) is 0 Å². The minimum Gasteiger partial charge on any atom is -0.350 e. The lowest BCUT2D eigenvalue weighted by Crippen LogP contribution is -2.30. The highest BCUT2D eigenvalue weighted by Crippen LogP contribution is 2.26. The number of thioether (sulfide) groups is 1. The molecule has 2 atom stereocenters. The van der Waals surface area contributed by atoms with Crippen LogP contribution in [0.3, 0.4) is 0 Å². The van der Waals surface area contributed by atoms with Crippen LogP contribution < -0.4 is 5.32 Å². The summed E-state index contributed by atoms with van der Waals surface area (Å²) in [5, 5.41) is 6.68. The van der Waals surface area contributed by atoms with Gasteiger partial charge in [0.15, 0.2) is 0 Å². The van der Waals surface area contributed by atoms with Crippen molar-refractivity contribution in [3.63, 3.8) is 0 Å². The SMILES string of the molecule is CCC(C)NCC(C)Sc1cc2ccccc2[nH]1. The molecule has 2 rings (SSSR count). The highest BCUT2D eigenvalue weighted by Gasteiger charge is 2.08. The molecule has 0 aliphatic carbocycles. The van der Waals surface area contributed by atoms with Gasteiger partial charge in [0.1, 0.15) is 0 Å². The normalized spacial score (nSPS) is 14.8. The van der Waals surface area contributed by atoms with Gasteiger partial charge in [-0.2, -0.15) is 0 Å². The zero-order valence-electron chi connectivity index (χ0n) is 11.4. The van der Waals surface area contributed by atoms with Gasteiger partial charge in [-0.05, 0) is 25.5 Å². The third-order valence-electron chi connectivity index (χ3n) is 3.20. The summed E-state index contributed by atoms with van der Waals surface area (Å²) in [7, 11) is 0. The summed E-state index contributed by atoms with van der Waals surface area (Å²) >= 11 is 1.90. The molecule has 3 heteroatoms. The van der Waals surface area contributed by atoms with Gasteiger partial charge < -0.3 is 10.3 Å². The zero-order valence-corrected chi connectivity index (χ0v) is 12.2. The number of hydrogen-bond acceptors (Lipinski definition) is 2. The van der Waals surface area contributed by atoms with E-state index in [1.54, 1.807) is 0 Å². The molecule has 0 radical (unpaired) electrons. The number of nitrogens with one attached hydrogen (secondary N) is 2. The van der Waals surface area contributed by atoms with Gasteiger partial charge in [0, 0.05) is 28.7 Å². The molecule has 0 bridgehead atoms. The molecule has 0 fully saturated rings. The number of para-hydroxylation sites is 1. The van der Waals surface area contributed by atoms with Gasteiger partial charge in [-0.15, -0.1) is 11.8 Å². The highest BCUT2D eigenvalue weighted by molar-refractivity contribution is 7.99. The van der Waals surface area contributed by atoms with Gasteiger partial charge in [0.2, 0.25) is 0 Å². The van der Waals surface area contributed by atoms with Crippen molar-refractivity contribution >= 4 is 22.7 Å². The quantitative estimate of drug-likeness (QED) is 0.769. The van der Waals surface area contributed by atoms with E-state index in [4.69, 9.17) is 0 Å². The Bertz CT molecular complexity index is 459. The molecule has 2 N–H and O–H groups in total. The molecular formula is C15H22N2S. The molecule has 1 aromatic heterocycles. The van der Waals surface area contributed by atoms with Gasteiger partial charge in [0.05, 0.1) is 5.03 Å². The van der Waals surface area contributed by atoms with E-state index in [1.165, 1.54) is 22.3 Å². The summed E-state index contributed by atoms with van der Waals surface area (Å²) in [5.41, 5.74) is 1.22. The second-order valence-electron chi connectivity index (χ2n) is 4.87. The second kappa shape index (κ2) is 6.30. The number of aromatic nitrogens is 1. The first-order chi connectivity index (χ1) is 8.69. The van der Waals surface area contributed by atoms with Gasteiger partial charge in [-0.3, -0.25) is 0 Å². The molecule has 0 saturated carbocycles. The second-order valence-corrected chi connectivity index (χ2v) is 6.35. The number of rotatable bonds is 6. The number of fused-ring (bicyclic) bond motifs is 1. The molecule has 98 valence electrons. The summed E-state index contributed by atoms with van der Waals surface area (Å²) in [5.74, 6) is 0. The summed E-state index contributed by atoms with van der Waals surface area (Å²) in [6.07, 6.45) is 1.18. The molecule has 2 unspecified atom stereocenters. The minimum atomic E-state index is 0.576. The average Bonchev–Trinajstić information content (AvgIpc) is 2.77. The maximum absolute atomic E-state index is 3.55. The molecule has 0 aliphatic rings. The Labute approximate surface area is 114 Å². The Morgan fingerprint density at radius 2 is 2.06 bits per heavy atom. The van der Waals surface area contributed by atoms with Crippen molar-refractivity contribution in [2.45, 2.75) is 43.5 Å². The Kier molecular flexibility index (Phi) is 4.72. The molecule has 0 spiro atoms. The first kappa shape index (κ1) is 13.5. The van der Waals surface area contributed by atoms with E-state index in [2.05, 4.69) is 61.4 Å². The van der Waals surface area contributed by atoms with Crippen molar-refractivity contribution in [1.29, 1.82) is 0 Å². The average molecular weight is 262 g/mol. The summed E-state index contributed by atoms with van der Waals surface area (Å²) in [6, 6.07) is 11.3. The molecule has 18 heavy (non-hydrogen) atoms. The number of hydrogen-bond donors (Lipinski definition) is 2. The van der Waals surface area contributed by atoms with Gasteiger partial charge in [-0.1, -0.05) is 32.0 Å². The lowest BCUT2D eigenvalue weighted by molar-refractivity contribution is 0.537. The largest absolute Gasteiger partial charge is 0.350 e. The van der Waals surface area contributed by atoms with Crippen molar-refractivity contribution in [2.24, 2.45) is 0 Å². The van der Waals surface area contributed by atoms with Crippen LogP contribution in [0.15, 0.2) is 35.4 Å². The van der Waals surface area contributed by atoms with Crippen molar-refractivity contribution in [1.82, 2.24) is 10.3 Å². The fourth-order valence-corrected chi connectivity index (χ4v) is 2.86. The Morgan fingerprint density at radius 3 is 2.78 bits per heavy atom. The lowest BCUT2D eigenvalue weighted by atomic mass is 10.2. The maximum Gasteiger partial charge on any atom is 0.0735 e. The van der Waals surface area contributed by atoms with Gasteiger partial charge in [-0.25, -0.2) is 0 Å². The Hall–Kier alpha value is -0.930. The maximum atomic E-state index is 3.55. The van der Waals surface area contributed by atoms with Crippen molar-refractivity contribution < 1.29 is 0 Å². The Balaban J connectivity index is 1.92. The first-order valence-electron chi connectivity index (χ1n) is 6.67. The third-order valence-corrected chi connectivity index (χ3v) is 4.24. The smallest absolute Gasteiger partial charge is 0.0735 e. The predicted molar refractivity (Wildman–Crippen MR) is 81.4 cm³/mol. The molecule has 1 heterocycles. The highest BCUT2D eigenvalue weighted by atomic mass is 32.2. The van der Waals surface area contributed by atoms with Crippen molar-refractivity contribution in [3.8, 4) is 0 Å². The van der Waals surface area contributed by atoms with Gasteiger partial charge in [0.25, 0.3) is 0 Å². The van der Waals surface area contributed by atoms with Crippen molar-refractivity contribution in [3.05, 3.63) is 30.3 Å². The third kappa shape index (κ3) is 3.53. The minimum absolute atomic E-state index is 0.576. The van der Waals surface area contributed by atoms with Crippen LogP contribution in [0, 0.1) is 0 Å². The fourth-order valence-electron chi connectivity index (χ4n) is 1.88.